The number of fused-ring (bicyclic) bond motifs is 1. The average Bonchev–Trinajstić information content (AvgIpc) is 2.71. The number of hydrogen-bond donors (Lipinski definition) is 1. The van der Waals surface area contributed by atoms with Crippen molar-refractivity contribution >= 4 is 57.6 Å². The van der Waals surface area contributed by atoms with Crippen LogP contribution in [0.15, 0.2) is 12.1 Å². The third-order valence-electron chi connectivity index (χ3n) is 1.76. The smallest absolute Gasteiger partial charge is 0.239 e. The first-order valence-electron chi connectivity index (χ1n) is 3.99. The van der Waals surface area contributed by atoms with Gasteiger partial charge in [0.1, 0.15) is 16.9 Å². The van der Waals surface area contributed by atoms with Gasteiger partial charge in [-0.25, -0.2) is 0 Å². The lowest BCUT2D eigenvalue weighted by Gasteiger charge is -2.03. The Bertz CT molecular complexity index is 514. The predicted molar refractivity (Wildman–Crippen MR) is 61.8 cm³/mol. The number of nitrogens with one attached hydrogen (secondary N) is 1. The lowest BCUT2D eigenvalue weighted by atomic mass is 10.2. The highest BCUT2D eigenvalue weighted by atomic mass is 35.5. The summed E-state index contributed by atoms with van der Waals surface area (Å²) < 4.78 is 8.08. The fourth-order valence-electron chi connectivity index (χ4n) is 1.12. The van der Waals surface area contributed by atoms with Crippen LogP contribution in [0.4, 0.5) is 5.69 Å². The maximum atomic E-state index is 11.1. The van der Waals surface area contributed by atoms with Gasteiger partial charge in [0.25, 0.3) is 0 Å². The zero-order chi connectivity index (χ0) is 10.8. The lowest BCUT2D eigenvalue weighted by molar-refractivity contribution is -0.113. The monoisotopic (exact) mass is 261 g/mol. The van der Waals surface area contributed by atoms with E-state index in [-0.39, 0.29) is 11.8 Å². The van der Waals surface area contributed by atoms with Gasteiger partial charge in [-0.2, -0.15) is 8.75 Å². The van der Waals surface area contributed by atoms with Crippen molar-refractivity contribution in [1.82, 2.24) is 8.75 Å². The number of rotatable bonds is 2. The summed E-state index contributed by atoms with van der Waals surface area (Å²) in [6.07, 6.45) is 0. The number of nitrogens with zero attached hydrogens (tertiary/aromatic N) is 2. The predicted octanol–water partition coefficient (Wildman–Crippen LogP) is 2.52. The molecular formula is C8H5Cl2N3OS. The van der Waals surface area contributed by atoms with Crippen molar-refractivity contribution in [3.05, 3.63) is 17.2 Å². The van der Waals surface area contributed by atoms with Gasteiger partial charge in [-0.15, -0.1) is 11.6 Å². The Kier molecular flexibility index (Phi) is 3.04. The van der Waals surface area contributed by atoms with E-state index < -0.39 is 0 Å². The molecule has 15 heavy (non-hydrogen) atoms. The number of halogens is 2. The standard InChI is InChI=1S/C8H5Cl2N3OS/c9-3-6(14)11-5-2-1-4(10)7-8(5)13-15-12-7/h1-2H,3H2,(H,11,14). The zero-order valence-electron chi connectivity index (χ0n) is 7.33. The molecule has 1 heterocycles. The Morgan fingerprint density at radius 3 is 2.87 bits per heavy atom. The van der Waals surface area contributed by atoms with Gasteiger partial charge in [0.2, 0.25) is 5.91 Å². The molecule has 1 amide bonds. The molecular weight excluding hydrogens is 257 g/mol. The van der Waals surface area contributed by atoms with Crippen molar-refractivity contribution in [3.8, 4) is 0 Å². The third-order valence-corrected chi connectivity index (χ3v) is 2.84. The summed E-state index contributed by atoms with van der Waals surface area (Å²) in [6, 6.07) is 3.34. The topological polar surface area (TPSA) is 54.9 Å². The van der Waals surface area contributed by atoms with E-state index >= 15 is 0 Å². The van der Waals surface area contributed by atoms with E-state index in [0.717, 1.165) is 11.7 Å². The fourth-order valence-corrected chi connectivity index (χ4v) is 2.01. The minimum Gasteiger partial charge on any atom is -0.323 e. The summed E-state index contributed by atoms with van der Waals surface area (Å²) in [7, 11) is 0. The normalized spacial score (nSPS) is 10.5. The molecule has 0 spiro atoms. The van der Waals surface area contributed by atoms with Crippen LogP contribution in [0.2, 0.25) is 5.02 Å². The van der Waals surface area contributed by atoms with Crippen LogP contribution in [-0.2, 0) is 4.79 Å². The zero-order valence-corrected chi connectivity index (χ0v) is 9.66. The summed E-state index contributed by atoms with van der Waals surface area (Å²) in [5.74, 6) is -0.380. The quantitative estimate of drug-likeness (QED) is 0.846. The number of amides is 1. The molecule has 0 fully saturated rings. The van der Waals surface area contributed by atoms with Crippen molar-refractivity contribution < 1.29 is 4.79 Å². The van der Waals surface area contributed by atoms with Crippen molar-refractivity contribution in [2.24, 2.45) is 0 Å². The molecule has 0 aliphatic carbocycles. The second-order valence-corrected chi connectivity index (χ2v) is 3.94. The molecule has 78 valence electrons. The molecule has 2 rings (SSSR count). The largest absolute Gasteiger partial charge is 0.323 e. The van der Waals surface area contributed by atoms with Crippen LogP contribution in [0.1, 0.15) is 0 Å². The Labute approximate surface area is 99.5 Å². The van der Waals surface area contributed by atoms with Gasteiger partial charge in [-0.1, -0.05) is 11.6 Å². The highest BCUT2D eigenvalue weighted by Crippen LogP contribution is 2.27. The van der Waals surface area contributed by atoms with Crippen molar-refractivity contribution in [1.29, 1.82) is 0 Å². The van der Waals surface area contributed by atoms with Crippen LogP contribution in [0.3, 0.4) is 0 Å². The molecule has 2 aromatic rings. The van der Waals surface area contributed by atoms with Gasteiger partial charge in [-0.3, -0.25) is 4.79 Å². The average molecular weight is 262 g/mol. The molecule has 1 aromatic carbocycles. The van der Waals surface area contributed by atoms with Crippen LogP contribution in [0.25, 0.3) is 11.0 Å². The number of anilines is 1. The molecule has 4 nitrogen and oxygen atoms in total. The van der Waals surface area contributed by atoms with E-state index in [4.69, 9.17) is 23.2 Å². The first-order chi connectivity index (χ1) is 7.22. The molecule has 0 atom stereocenters. The Balaban J connectivity index is 2.48. The maximum Gasteiger partial charge on any atom is 0.239 e. The summed E-state index contributed by atoms with van der Waals surface area (Å²) in [6.45, 7) is 0. The number of carbonyl (C=O) groups is 1. The summed E-state index contributed by atoms with van der Waals surface area (Å²) in [4.78, 5) is 11.1. The second kappa shape index (κ2) is 4.30. The number of aromatic nitrogens is 2. The summed E-state index contributed by atoms with van der Waals surface area (Å²) in [5.41, 5.74) is 1.76. The SMILES string of the molecule is O=C(CCl)Nc1ccc(Cl)c2nsnc12. The molecule has 0 aliphatic rings. The fraction of sp³-hybridized carbons (Fsp3) is 0.125. The highest BCUT2D eigenvalue weighted by Gasteiger charge is 2.10. The van der Waals surface area contributed by atoms with Crippen molar-refractivity contribution in [3.63, 3.8) is 0 Å². The second-order valence-electron chi connectivity index (χ2n) is 2.74. The first-order valence-corrected chi connectivity index (χ1v) is 5.63. The van der Waals surface area contributed by atoms with Crippen LogP contribution < -0.4 is 5.32 Å². The number of alkyl halides is 1. The number of hydrogen-bond acceptors (Lipinski definition) is 4. The Hall–Kier alpha value is -0.910. The van der Waals surface area contributed by atoms with Gasteiger partial charge < -0.3 is 5.32 Å². The third kappa shape index (κ3) is 2.04. The summed E-state index contributed by atoms with van der Waals surface area (Å²) in [5, 5.41) is 3.14. The molecule has 1 aromatic heterocycles. The molecule has 0 unspecified atom stereocenters. The van der Waals surface area contributed by atoms with Gasteiger partial charge in [0, 0.05) is 0 Å². The first kappa shape index (κ1) is 10.6. The van der Waals surface area contributed by atoms with Gasteiger partial charge in [-0.05, 0) is 12.1 Å². The van der Waals surface area contributed by atoms with Crippen molar-refractivity contribution in [2.45, 2.75) is 0 Å². The minimum atomic E-state index is -0.284. The number of benzene rings is 1. The van der Waals surface area contributed by atoms with Gasteiger partial charge in [0.05, 0.1) is 22.4 Å². The van der Waals surface area contributed by atoms with Crippen LogP contribution in [0, 0.1) is 0 Å². The van der Waals surface area contributed by atoms with E-state index in [0.29, 0.717) is 21.7 Å². The molecule has 0 bridgehead atoms. The van der Waals surface area contributed by atoms with E-state index in [9.17, 15) is 4.79 Å². The van der Waals surface area contributed by atoms with E-state index in [1.807, 2.05) is 0 Å². The Morgan fingerprint density at radius 1 is 1.40 bits per heavy atom. The van der Waals surface area contributed by atoms with Gasteiger partial charge >= 0.3 is 0 Å². The molecule has 0 aliphatic heterocycles. The summed E-state index contributed by atoms with van der Waals surface area (Å²) >= 11 is 12.3. The minimum absolute atomic E-state index is 0.0956. The van der Waals surface area contributed by atoms with Crippen LogP contribution >= 0.6 is 34.9 Å². The van der Waals surface area contributed by atoms with E-state index in [2.05, 4.69) is 14.1 Å². The molecule has 7 heteroatoms. The maximum absolute atomic E-state index is 11.1. The van der Waals surface area contributed by atoms with Crippen LogP contribution in [0.5, 0.6) is 0 Å². The molecule has 0 saturated heterocycles. The van der Waals surface area contributed by atoms with Crippen molar-refractivity contribution in [2.75, 3.05) is 11.2 Å². The van der Waals surface area contributed by atoms with Crippen LogP contribution in [-0.4, -0.2) is 20.5 Å². The highest BCUT2D eigenvalue weighted by molar-refractivity contribution is 7.00. The van der Waals surface area contributed by atoms with E-state index in [1.165, 1.54) is 0 Å². The Morgan fingerprint density at radius 2 is 2.13 bits per heavy atom. The lowest BCUT2D eigenvalue weighted by Crippen LogP contribution is -2.12. The number of carbonyl (C=O) groups excluding carboxylic acids is 1. The molecule has 1 N–H and O–H groups in total. The van der Waals surface area contributed by atoms with E-state index in [1.54, 1.807) is 12.1 Å². The van der Waals surface area contributed by atoms with Gasteiger partial charge in [0.15, 0.2) is 0 Å². The molecule has 0 saturated carbocycles. The molecule has 0 radical (unpaired) electrons.